The van der Waals surface area contributed by atoms with E-state index in [0.29, 0.717) is 12.1 Å². The second-order valence-corrected chi connectivity index (χ2v) is 4.78. The molecule has 0 saturated heterocycles. The van der Waals surface area contributed by atoms with Gasteiger partial charge in [0.15, 0.2) is 0 Å². The van der Waals surface area contributed by atoms with Crippen molar-refractivity contribution in [3.63, 3.8) is 0 Å². The highest BCUT2D eigenvalue weighted by molar-refractivity contribution is 5.66. The smallest absolute Gasteiger partial charge is 0.150 e. The number of nitrogens with zero attached hydrogens (tertiary/aromatic N) is 1. The van der Waals surface area contributed by atoms with Crippen LogP contribution in [0.1, 0.15) is 11.1 Å². The van der Waals surface area contributed by atoms with E-state index in [1.165, 1.54) is 12.1 Å². The van der Waals surface area contributed by atoms with Gasteiger partial charge in [0, 0.05) is 19.3 Å². The van der Waals surface area contributed by atoms with Crippen molar-refractivity contribution in [2.75, 3.05) is 19.0 Å². The fourth-order valence-corrected chi connectivity index (χ4v) is 2.30. The molecule has 0 aliphatic rings. The van der Waals surface area contributed by atoms with E-state index in [9.17, 15) is 8.78 Å². The summed E-state index contributed by atoms with van der Waals surface area (Å²) < 4.78 is 28.4. The summed E-state index contributed by atoms with van der Waals surface area (Å²) in [5, 5.41) is 2.88. The fourth-order valence-electron chi connectivity index (χ4n) is 2.30. The Bertz CT molecular complexity index is 588. The topological polar surface area (TPSA) is 15.3 Å². The first kappa shape index (κ1) is 14.5. The molecule has 0 aromatic heterocycles. The van der Waals surface area contributed by atoms with E-state index in [1.54, 1.807) is 19.0 Å². The number of benzene rings is 2. The molecule has 0 fully saturated rings. The predicted octanol–water partition coefficient (Wildman–Crippen LogP) is 3.76. The van der Waals surface area contributed by atoms with Gasteiger partial charge in [0.1, 0.15) is 17.3 Å². The summed E-state index contributed by atoms with van der Waals surface area (Å²) >= 11 is 0. The molecule has 2 aromatic carbocycles. The third-order valence-electron chi connectivity index (χ3n) is 3.27. The largest absolute Gasteiger partial charge is 0.340 e. The zero-order valence-corrected chi connectivity index (χ0v) is 11.9. The second kappa shape index (κ2) is 6.01. The van der Waals surface area contributed by atoms with Gasteiger partial charge in [0.25, 0.3) is 0 Å². The molecule has 0 heterocycles. The highest BCUT2D eigenvalue weighted by atomic mass is 19.1. The molecule has 0 saturated carbocycles. The zero-order chi connectivity index (χ0) is 14.7. The highest BCUT2D eigenvalue weighted by Crippen LogP contribution is 2.31. The number of aryl methyl sites for hydroxylation is 1. The maximum absolute atomic E-state index is 14.2. The molecule has 0 aliphatic heterocycles. The van der Waals surface area contributed by atoms with E-state index in [-0.39, 0.29) is 5.69 Å². The number of nitrogens with one attached hydrogen (secondary N) is 1. The van der Waals surface area contributed by atoms with Crippen LogP contribution in [-0.2, 0) is 6.54 Å². The minimum Gasteiger partial charge on any atom is -0.340 e. The Labute approximate surface area is 118 Å². The van der Waals surface area contributed by atoms with Crippen LogP contribution in [0.2, 0.25) is 0 Å². The third kappa shape index (κ3) is 2.80. The van der Waals surface area contributed by atoms with E-state index in [1.807, 2.05) is 31.2 Å². The van der Waals surface area contributed by atoms with Crippen molar-refractivity contribution in [1.29, 1.82) is 0 Å². The summed E-state index contributed by atoms with van der Waals surface area (Å²) in [5.74, 6) is -1.11. The van der Waals surface area contributed by atoms with Gasteiger partial charge in [-0.1, -0.05) is 18.2 Å². The Kier molecular flexibility index (Phi) is 4.35. The quantitative estimate of drug-likeness (QED) is 0.914. The Morgan fingerprint density at radius 3 is 2.25 bits per heavy atom. The monoisotopic (exact) mass is 276 g/mol. The third-order valence-corrected chi connectivity index (χ3v) is 3.27. The van der Waals surface area contributed by atoms with E-state index >= 15 is 0 Å². The highest BCUT2D eigenvalue weighted by Gasteiger charge is 2.17. The summed E-state index contributed by atoms with van der Waals surface area (Å²) in [6.45, 7) is 2.35. The molecule has 4 heteroatoms. The average molecular weight is 276 g/mol. The normalized spacial score (nSPS) is 10.7. The van der Waals surface area contributed by atoms with Crippen LogP contribution in [0.4, 0.5) is 20.2 Å². The van der Waals surface area contributed by atoms with Crippen LogP contribution in [-0.4, -0.2) is 14.1 Å². The lowest BCUT2D eigenvalue weighted by molar-refractivity contribution is 0.578. The molecule has 2 nitrogen and oxygen atoms in total. The van der Waals surface area contributed by atoms with Crippen LogP contribution in [0, 0.1) is 18.6 Å². The van der Waals surface area contributed by atoms with Crippen LogP contribution in [0.5, 0.6) is 0 Å². The number of para-hydroxylation sites is 1. The van der Waals surface area contributed by atoms with Gasteiger partial charge in [-0.2, -0.15) is 0 Å². The molecule has 0 amide bonds. The van der Waals surface area contributed by atoms with Crippen LogP contribution in [0.3, 0.4) is 0 Å². The standard InChI is InChI=1S/C16H18F2N2/c1-11-6-4-5-7-15(11)20(3)16-13(17)8-12(10-19-2)9-14(16)18/h4-9,19H,10H2,1-3H3. The fraction of sp³-hybridized carbons (Fsp3) is 0.250. The molecule has 1 N–H and O–H groups in total. The Hall–Kier alpha value is -1.94. The number of hydrogen-bond acceptors (Lipinski definition) is 2. The van der Waals surface area contributed by atoms with E-state index in [2.05, 4.69) is 5.32 Å². The first-order chi connectivity index (χ1) is 9.54. The maximum atomic E-state index is 14.2. The molecule has 0 radical (unpaired) electrons. The number of anilines is 2. The molecule has 2 aromatic rings. The number of rotatable bonds is 4. The molecule has 106 valence electrons. The minimum atomic E-state index is -0.555. The van der Waals surface area contributed by atoms with Crippen molar-refractivity contribution in [2.24, 2.45) is 0 Å². The van der Waals surface area contributed by atoms with Crippen molar-refractivity contribution in [1.82, 2.24) is 5.32 Å². The summed E-state index contributed by atoms with van der Waals surface area (Å²) in [6, 6.07) is 10.2. The van der Waals surface area contributed by atoms with Gasteiger partial charge in [-0.15, -0.1) is 0 Å². The molecule has 0 unspecified atom stereocenters. The predicted molar refractivity (Wildman–Crippen MR) is 78.4 cm³/mol. The van der Waals surface area contributed by atoms with Crippen molar-refractivity contribution < 1.29 is 8.78 Å². The van der Waals surface area contributed by atoms with Crippen LogP contribution in [0.15, 0.2) is 36.4 Å². The van der Waals surface area contributed by atoms with Crippen molar-refractivity contribution in [3.8, 4) is 0 Å². The van der Waals surface area contributed by atoms with Gasteiger partial charge in [-0.05, 0) is 43.3 Å². The molecule has 2 rings (SSSR count). The van der Waals surface area contributed by atoms with Gasteiger partial charge in [-0.25, -0.2) is 8.78 Å². The van der Waals surface area contributed by atoms with Crippen molar-refractivity contribution in [2.45, 2.75) is 13.5 Å². The molecule has 0 bridgehead atoms. The lowest BCUT2D eigenvalue weighted by atomic mass is 10.1. The van der Waals surface area contributed by atoms with E-state index < -0.39 is 11.6 Å². The molecule has 0 aliphatic carbocycles. The number of halogens is 2. The summed E-state index contributed by atoms with van der Waals surface area (Å²) in [5.41, 5.74) is 2.31. The number of hydrogen-bond donors (Lipinski definition) is 1. The second-order valence-electron chi connectivity index (χ2n) is 4.78. The van der Waals surface area contributed by atoms with Gasteiger partial charge in [0.2, 0.25) is 0 Å². The Morgan fingerprint density at radius 1 is 1.10 bits per heavy atom. The average Bonchev–Trinajstić information content (AvgIpc) is 2.38. The molecule has 0 spiro atoms. The molecular formula is C16H18F2N2. The van der Waals surface area contributed by atoms with Gasteiger partial charge in [-0.3, -0.25) is 0 Å². The SMILES string of the molecule is CNCc1cc(F)c(N(C)c2ccccc2C)c(F)c1. The summed E-state index contributed by atoms with van der Waals surface area (Å²) in [4.78, 5) is 1.54. The lowest BCUT2D eigenvalue weighted by Crippen LogP contribution is -2.15. The molecular weight excluding hydrogens is 258 g/mol. The van der Waals surface area contributed by atoms with Crippen LogP contribution < -0.4 is 10.2 Å². The van der Waals surface area contributed by atoms with Gasteiger partial charge >= 0.3 is 0 Å². The van der Waals surface area contributed by atoms with Gasteiger partial charge in [0.05, 0.1) is 0 Å². The van der Waals surface area contributed by atoms with Crippen LogP contribution >= 0.6 is 0 Å². The molecule has 0 atom stereocenters. The van der Waals surface area contributed by atoms with E-state index in [4.69, 9.17) is 0 Å². The van der Waals surface area contributed by atoms with Crippen molar-refractivity contribution in [3.05, 3.63) is 59.2 Å². The first-order valence-electron chi connectivity index (χ1n) is 6.46. The van der Waals surface area contributed by atoms with E-state index in [0.717, 1.165) is 11.3 Å². The summed E-state index contributed by atoms with van der Waals surface area (Å²) in [6.07, 6.45) is 0. The minimum absolute atomic E-state index is 0.0286. The molecule has 20 heavy (non-hydrogen) atoms. The van der Waals surface area contributed by atoms with Crippen LogP contribution in [0.25, 0.3) is 0 Å². The first-order valence-corrected chi connectivity index (χ1v) is 6.46. The zero-order valence-electron chi connectivity index (χ0n) is 11.9. The Morgan fingerprint density at radius 2 is 1.70 bits per heavy atom. The summed E-state index contributed by atoms with van der Waals surface area (Å²) in [7, 11) is 3.41. The van der Waals surface area contributed by atoms with Crippen molar-refractivity contribution >= 4 is 11.4 Å². The van der Waals surface area contributed by atoms with Gasteiger partial charge < -0.3 is 10.2 Å². The maximum Gasteiger partial charge on any atom is 0.150 e. The lowest BCUT2D eigenvalue weighted by Gasteiger charge is -2.23. The Balaban J connectivity index is 2.45.